The normalized spacial score (nSPS) is 10.7. The van der Waals surface area contributed by atoms with E-state index in [9.17, 15) is 4.79 Å². The second-order valence-electron chi connectivity index (χ2n) is 5.84. The zero-order valence-electron chi connectivity index (χ0n) is 15.6. The van der Waals surface area contributed by atoms with Crippen LogP contribution in [0.4, 0.5) is 0 Å². The van der Waals surface area contributed by atoms with Crippen LogP contribution in [0.3, 0.4) is 0 Å². The maximum Gasteiger partial charge on any atom is 0.252 e. The third-order valence-corrected chi connectivity index (χ3v) is 4.04. The van der Waals surface area contributed by atoms with Gasteiger partial charge < -0.3 is 16.0 Å². The van der Waals surface area contributed by atoms with Crippen LogP contribution in [0.25, 0.3) is 0 Å². The van der Waals surface area contributed by atoms with Crippen LogP contribution in [-0.2, 0) is 6.54 Å². The molecule has 0 unspecified atom stereocenters. The first-order valence-corrected chi connectivity index (χ1v) is 9.08. The standard InChI is InChI=1S/C20H25ClN4O.HI/c1-3-22-20(25-14-16-10-8-15(2)9-11-16)24-13-12-23-19(26)17-6-4-5-7-18(17)21;/h4-11H,3,12-14H2,1-2H3,(H,23,26)(H2,22,24,25);1H. The lowest BCUT2D eigenvalue weighted by atomic mass is 10.1. The molecule has 0 heterocycles. The number of rotatable bonds is 7. The molecule has 0 spiro atoms. The molecule has 5 nitrogen and oxygen atoms in total. The molecule has 0 radical (unpaired) electrons. The summed E-state index contributed by atoms with van der Waals surface area (Å²) >= 11 is 6.03. The lowest BCUT2D eigenvalue weighted by Gasteiger charge is -2.12. The van der Waals surface area contributed by atoms with Gasteiger partial charge in [-0.25, -0.2) is 4.99 Å². The van der Waals surface area contributed by atoms with E-state index in [0.717, 1.165) is 18.1 Å². The van der Waals surface area contributed by atoms with Gasteiger partial charge in [-0.05, 0) is 31.5 Å². The van der Waals surface area contributed by atoms with Gasteiger partial charge in [0.25, 0.3) is 5.91 Å². The number of carbonyl (C=O) groups excluding carboxylic acids is 1. The zero-order valence-corrected chi connectivity index (χ0v) is 18.7. The van der Waals surface area contributed by atoms with Gasteiger partial charge in [-0.3, -0.25) is 4.79 Å². The summed E-state index contributed by atoms with van der Waals surface area (Å²) in [6.45, 7) is 6.49. The predicted octanol–water partition coefficient (Wildman–Crippen LogP) is 3.75. The molecule has 0 saturated carbocycles. The van der Waals surface area contributed by atoms with E-state index in [1.54, 1.807) is 24.3 Å². The van der Waals surface area contributed by atoms with Crippen molar-refractivity contribution in [2.24, 2.45) is 4.99 Å². The van der Waals surface area contributed by atoms with Crippen molar-refractivity contribution in [3.05, 3.63) is 70.2 Å². The summed E-state index contributed by atoms with van der Waals surface area (Å²) in [5.74, 6) is 0.541. The summed E-state index contributed by atoms with van der Waals surface area (Å²) < 4.78 is 0. The highest BCUT2D eigenvalue weighted by Crippen LogP contribution is 2.14. The average Bonchev–Trinajstić information content (AvgIpc) is 2.64. The molecule has 7 heteroatoms. The highest BCUT2D eigenvalue weighted by Gasteiger charge is 2.08. The fraction of sp³-hybridized carbons (Fsp3) is 0.300. The Morgan fingerprint density at radius 1 is 1.00 bits per heavy atom. The molecule has 1 amide bonds. The van der Waals surface area contributed by atoms with Crippen molar-refractivity contribution in [1.29, 1.82) is 0 Å². The van der Waals surface area contributed by atoms with Crippen molar-refractivity contribution >= 4 is 47.4 Å². The van der Waals surface area contributed by atoms with E-state index in [0.29, 0.717) is 30.2 Å². The maximum absolute atomic E-state index is 12.1. The maximum atomic E-state index is 12.1. The largest absolute Gasteiger partial charge is 0.357 e. The van der Waals surface area contributed by atoms with Crippen LogP contribution in [0, 0.1) is 6.92 Å². The number of aliphatic imine (C=N–C) groups is 1. The molecular formula is C20H26ClIN4O. The molecule has 0 aliphatic heterocycles. The van der Waals surface area contributed by atoms with Gasteiger partial charge in [-0.2, -0.15) is 0 Å². The third kappa shape index (κ3) is 8.17. The van der Waals surface area contributed by atoms with E-state index in [2.05, 4.69) is 52.1 Å². The van der Waals surface area contributed by atoms with Crippen molar-refractivity contribution < 1.29 is 4.79 Å². The van der Waals surface area contributed by atoms with Crippen molar-refractivity contribution in [1.82, 2.24) is 16.0 Å². The predicted molar refractivity (Wildman–Crippen MR) is 123 cm³/mol. The molecular weight excluding hydrogens is 475 g/mol. The van der Waals surface area contributed by atoms with Gasteiger partial charge in [0.2, 0.25) is 0 Å². The Morgan fingerprint density at radius 3 is 2.33 bits per heavy atom. The fourth-order valence-electron chi connectivity index (χ4n) is 2.30. The zero-order chi connectivity index (χ0) is 18.8. The van der Waals surface area contributed by atoms with Gasteiger partial charge in [0, 0.05) is 19.6 Å². The number of amides is 1. The third-order valence-electron chi connectivity index (χ3n) is 3.71. The second kappa shape index (κ2) is 12.6. The number of hydrogen-bond acceptors (Lipinski definition) is 2. The lowest BCUT2D eigenvalue weighted by Crippen LogP contribution is -2.41. The molecule has 0 aliphatic rings. The van der Waals surface area contributed by atoms with E-state index in [-0.39, 0.29) is 29.9 Å². The molecule has 2 aromatic rings. The summed E-state index contributed by atoms with van der Waals surface area (Å²) in [6, 6.07) is 15.3. The van der Waals surface area contributed by atoms with Crippen LogP contribution in [0.2, 0.25) is 5.02 Å². The number of guanidine groups is 1. The van der Waals surface area contributed by atoms with Crippen molar-refractivity contribution in [3.63, 3.8) is 0 Å². The van der Waals surface area contributed by atoms with Gasteiger partial charge in [0.15, 0.2) is 5.96 Å². The molecule has 0 fully saturated rings. The fourth-order valence-corrected chi connectivity index (χ4v) is 2.52. The summed E-state index contributed by atoms with van der Waals surface area (Å²) in [5.41, 5.74) is 2.87. The number of halogens is 2. The summed E-state index contributed by atoms with van der Waals surface area (Å²) in [7, 11) is 0. The summed E-state index contributed by atoms with van der Waals surface area (Å²) in [6.07, 6.45) is 0. The van der Waals surface area contributed by atoms with Crippen LogP contribution in [0.1, 0.15) is 28.4 Å². The molecule has 146 valence electrons. The first kappa shape index (κ1) is 23.2. The molecule has 0 bridgehead atoms. The number of nitrogens with one attached hydrogen (secondary N) is 3. The van der Waals surface area contributed by atoms with E-state index < -0.39 is 0 Å². The van der Waals surface area contributed by atoms with Crippen molar-refractivity contribution in [2.45, 2.75) is 20.4 Å². The topological polar surface area (TPSA) is 65.5 Å². The smallest absolute Gasteiger partial charge is 0.252 e. The van der Waals surface area contributed by atoms with E-state index >= 15 is 0 Å². The molecule has 2 aromatic carbocycles. The Labute approximate surface area is 183 Å². The highest BCUT2D eigenvalue weighted by molar-refractivity contribution is 14.0. The molecule has 0 saturated heterocycles. The summed E-state index contributed by atoms with van der Waals surface area (Å²) in [4.78, 5) is 16.7. The Hall–Kier alpha value is -1.80. The van der Waals surface area contributed by atoms with Crippen LogP contribution in [0.15, 0.2) is 53.5 Å². The number of nitrogens with zero attached hydrogens (tertiary/aromatic N) is 1. The lowest BCUT2D eigenvalue weighted by molar-refractivity contribution is 0.0954. The van der Waals surface area contributed by atoms with Gasteiger partial charge in [-0.15, -0.1) is 24.0 Å². The van der Waals surface area contributed by atoms with Crippen molar-refractivity contribution in [2.75, 3.05) is 19.6 Å². The number of carbonyl (C=O) groups is 1. The minimum absolute atomic E-state index is 0. The van der Waals surface area contributed by atoms with Gasteiger partial charge in [-0.1, -0.05) is 53.6 Å². The van der Waals surface area contributed by atoms with Gasteiger partial charge >= 0.3 is 0 Å². The van der Waals surface area contributed by atoms with Crippen LogP contribution < -0.4 is 16.0 Å². The Balaban J connectivity index is 0.00000364. The summed E-state index contributed by atoms with van der Waals surface area (Å²) in [5, 5.41) is 9.71. The number of aryl methyl sites for hydroxylation is 1. The Kier molecular flexibility index (Phi) is 10.8. The van der Waals surface area contributed by atoms with Crippen molar-refractivity contribution in [3.8, 4) is 0 Å². The Morgan fingerprint density at radius 2 is 1.67 bits per heavy atom. The molecule has 0 atom stereocenters. The minimum atomic E-state index is -0.181. The number of benzene rings is 2. The van der Waals surface area contributed by atoms with Gasteiger partial charge in [0.1, 0.15) is 0 Å². The van der Waals surface area contributed by atoms with E-state index in [1.807, 2.05) is 6.92 Å². The first-order chi connectivity index (χ1) is 12.6. The molecule has 27 heavy (non-hydrogen) atoms. The minimum Gasteiger partial charge on any atom is -0.357 e. The van der Waals surface area contributed by atoms with E-state index in [1.165, 1.54) is 5.56 Å². The SMILES string of the molecule is CCNC(=NCc1ccc(C)cc1)NCCNC(=O)c1ccccc1Cl.I. The average molecular weight is 501 g/mol. The van der Waals surface area contributed by atoms with Gasteiger partial charge in [0.05, 0.1) is 17.1 Å². The Bertz CT molecular complexity index is 750. The first-order valence-electron chi connectivity index (χ1n) is 8.70. The quantitative estimate of drug-likeness (QED) is 0.235. The molecule has 3 N–H and O–H groups in total. The molecule has 0 aromatic heterocycles. The second-order valence-corrected chi connectivity index (χ2v) is 6.25. The molecule has 0 aliphatic carbocycles. The van der Waals surface area contributed by atoms with E-state index in [4.69, 9.17) is 11.6 Å². The van der Waals surface area contributed by atoms with Crippen LogP contribution in [0.5, 0.6) is 0 Å². The molecule has 2 rings (SSSR count). The monoisotopic (exact) mass is 500 g/mol. The van der Waals surface area contributed by atoms with Crippen LogP contribution in [-0.4, -0.2) is 31.5 Å². The highest BCUT2D eigenvalue weighted by atomic mass is 127. The number of hydrogen-bond donors (Lipinski definition) is 3. The van der Waals surface area contributed by atoms with Crippen LogP contribution >= 0.6 is 35.6 Å².